The number of aromatic nitrogens is 1. The molecule has 29 heavy (non-hydrogen) atoms. The molecule has 0 amide bonds. The lowest BCUT2D eigenvalue weighted by Crippen LogP contribution is -2.28. The SMILES string of the molecule is CCS(=O)(=O)Nc1ccc(Oc2ccc(F)cc2F)c(-c2cc[n+]([O-])c(C)c2)c1. The van der Waals surface area contributed by atoms with Crippen LogP contribution in [0.5, 0.6) is 11.5 Å². The van der Waals surface area contributed by atoms with Crippen molar-refractivity contribution in [3.63, 3.8) is 0 Å². The van der Waals surface area contributed by atoms with Gasteiger partial charge in [-0.25, -0.2) is 17.2 Å². The molecule has 0 saturated heterocycles. The Morgan fingerprint density at radius 1 is 1.07 bits per heavy atom. The van der Waals surface area contributed by atoms with Crippen LogP contribution in [0.1, 0.15) is 12.6 Å². The molecular formula is C20H18F2N2O4S. The van der Waals surface area contributed by atoms with E-state index in [2.05, 4.69) is 4.72 Å². The number of ether oxygens (including phenoxy) is 1. The second kappa shape index (κ2) is 8.04. The molecule has 3 aromatic rings. The fourth-order valence-electron chi connectivity index (χ4n) is 2.61. The van der Waals surface area contributed by atoms with Crippen LogP contribution in [-0.4, -0.2) is 14.2 Å². The first-order chi connectivity index (χ1) is 13.7. The molecule has 1 aromatic heterocycles. The first-order valence-electron chi connectivity index (χ1n) is 8.66. The van der Waals surface area contributed by atoms with Gasteiger partial charge in [-0.2, -0.15) is 4.73 Å². The molecule has 0 fully saturated rings. The average Bonchev–Trinajstić information content (AvgIpc) is 2.67. The third kappa shape index (κ3) is 4.80. The van der Waals surface area contributed by atoms with Crippen molar-refractivity contribution in [2.45, 2.75) is 13.8 Å². The average molecular weight is 420 g/mol. The fraction of sp³-hybridized carbons (Fsp3) is 0.150. The van der Waals surface area contributed by atoms with Gasteiger partial charge in [0.2, 0.25) is 10.0 Å². The van der Waals surface area contributed by atoms with Crippen LogP contribution in [0.25, 0.3) is 11.1 Å². The summed E-state index contributed by atoms with van der Waals surface area (Å²) in [5, 5.41) is 11.7. The molecule has 9 heteroatoms. The fourth-order valence-corrected chi connectivity index (χ4v) is 3.24. The third-order valence-electron chi connectivity index (χ3n) is 4.16. The molecule has 0 unspecified atom stereocenters. The molecule has 0 aliphatic carbocycles. The molecule has 0 bridgehead atoms. The van der Waals surface area contributed by atoms with Crippen molar-refractivity contribution in [3.8, 4) is 22.6 Å². The Balaban J connectivity index is 2.10. The summed E-state index contributed by atoms with van der Waals surface area (Å²) in [6.07, 6.45) is 1.30. The number of rotatable bonds is 6. The van der Waals surface area contributed by atoms with Gasteiger partial charge >= 0.3 is 0 Å². The second-order valence-electron chi connectivity index (χ2n) is 6.28. The maximum absolute atomic E-state index is 14.0. The Morgan fingerprint density at radius 2 is 1.79 bits per heavy atom. The lowest BCUT2D eigenvalue weighted by atomic mass is 10.0. The zero-order valence-electron chi connectivity index (χ0n) is 15.6. The molecule has 0 spiro atoms. The van der Waals surface area contributed by atoms with Crippen LogP contribution >= 0.6 is 0 Å². The van der Waals surface area contributed by atoms with Crippen LogP contribution in [0, 0.1) is 23.8 Å². The number of pyridine rings is 1. The van der Waals surface area contributed by atoms with Crippen LogP contribution in [0.2, 0.25) is 0 Å². The van der Waals surface area contributed by atoms with Gasteiger partial charge in [-0.15, -0.1) is 0 Å². The minimum atomic E-state index is -3.52. The van der Waals surface area contributed by atoms with Crippen molar-refractivity contribution < 1.29 is 26.7 Å². The van der Waals surface area contributed by atoms with Gasteiger partial charge in [0.15, 0.2) is 23.5 Å². The summed E-state index contributed by atoms with van der Waals surface area (Å²) in [5.74, 6) is -1.72. The predicted molar refractivity (Wildman–Crippen MR) is 105 cm³/mol. The number of nitrogens with one attached hydrogen (secondary N) is 1. The van der Waals surface area contributed by atoms with E-state index >= 15 is 0 Å². The minimum absolute atomic E-state index is 0.109. The predicted octanol–water partition coefficient (Wildman–Crippen LogP) is 4.13. The van der Waals surface area contributed by atoms with Crippen LogP contribution in [-0.2, 0) is 10.0 Å². The van der Waals surface area contributed by atoms with Crippen molar-refractivity contribution >= 4 is 15.7 Å². The number of hydrogen-bond donors (Lipinski definition) is 1. The van der Waals surface area contributed by atoms with E-state index in [1.165, 1.54) is 37.4 Å². The van der Waals surface area contributed by atoms with Gasteiger partial charge in [0.05, 0.1) is 5.75 Å². The maximum atomic E-state index is 14.0. The van der Waals surface area contributed by atoms with Crippen molar-refractivity contribution in [3.05, 3.63) is 77.3 Å². The molecule has 0 radical (unpaired) electrons. The highest BCUT2D eigenvalue weighted by atomic mass is 32.2. The van der Waals surface area contributed by atoms with Crippen LogP contribution in [0.3, 0.4) is 0 Å². The van der Waals surface area contributed by atoms with E-state index in [1.54, 1.807) is 13.0 Å². The zero-order chi connectivity index (χ0) is 21.2. The van der Waals surface area contributed by atoms with Gasteiger partial charge in [-0.05, 0) is 42.8 Å². The number of sulfonamides is 1. The number of aryl methyl sites for hydroxylation is 1. The summed E-state index contributed by atoms with van der Waals surface area (Å²) >= 11 is 0. The maximum Gasteiger partial charge on any atom is 0.232 e. The summed E-state index contributed by atoms with van der Waals surface area (Å²) in [6, 6.07) is 10.5. The molecule has 2 aromatic carbocycles. The molecule has 0 atom stereocenters. The number of benzene rings is 2. The molecule has 1 heterocycles. The quantitative estimate of drug-likeness (QED) is 0.480. The monoisotopic (exact) mass is 420 g/mol. The zero-order valence-corrected chi connectivity index (χ0v) is 16.5. The Hall–Kier alpha value is -3.20. The molecule has 0 aliphatic heterocycles. The Labute approximate surface area is 167 Å². The van der Waals surface area contributed by atoms with Gasteiger partial charge in [0.25, 0.3) is 0 Å². The van der Waals surface area contributed by atoms with Gasteiger partial charge in [-0.3, -0.25) is 4.72 Å². The van der Waals surface area contributed by atoms with E-state index in [1.807, 2.05) is 0 Å². The van der Waals surface area contributed by atoms with Crippen molar-refractivity contribution in [2.75, 3.05) is 10.5 Å². The number of anilines is 1. The molecule has 0 saturated carbocycles. The Bertz CT molecular complexity index is 1170. The Kier molecular flexibility index (Phi) is 5.69. The standard InChI is InChI=1S/C20H18F2N2O4S/c1-3-29(26,27)23-16-5-7-19(28-20-6-4-15(21)11-18(20)22)17(12-16)14-8-9-24(25)13(2)10-14/h4-12,23H,3H2,1-2H3. The van der Waals surface area contributed by atoms with Gasteiger partial charge in [-0.1, -0.05) is 0 Å². The summed E-state index contributed by atoms with van der Waals surface area (Å²) in [5.41, 5.74) is 1.67. The molecule has 6 nitrogen and oxygen atoms in total. The largest absolute Gasteiger partial charge is 0.619 e. The molecule has 1 N–H and O–H groups in total. The second-order valence-corrected chi connectivity index (χ2v) is 8.29. The number of hydrogen-bond acceptors (Lipinski definition) is 4. The van der Waals surface area contributed by atoms with E-state index in [4.69, 9.17) is 4.74 Å². The lowest BCUT2D eigenvalue weighted by Gasteiger charge is -2.15. The minimum Gasteiger partial charge on any atom is -0.619 e. The van der Waals surface area contributed by atoms with Crippen molar-refractivity contribution in [1.29, 1.82) is 0 Å². The van der Waals surface area contributed by atoms with Gasteiger partial charge in [0.1, 0.15) is 11.6 Å². The topological polar surface area (TPSA) is 82.3 Å². The summed E-state index contributed by atoms with van der Waals surface area (Å²) in [7, 11) is -3.52. The summed E-state index contributed by atoms with van der Waals surface area (Å²) in [4.78, 5) is 0. The van der Waals surface area contributed by atoms with E-state index in [0.29, 0.717) is 27.6 Å². The summed E-state index contributed by atoms with van der Waals surface area (Å²) < 4.78 is 59.7. The first kappa shape index (κ1) is 20.5. The molecule has 152 valence electrons. The lowest BCUT2D eigenvalue weighted by molar-refractivity contribution is -0.612. The highest BCUT2D eigenvalue weighted by Gasteiger charge is 2.16. The van der Waals surface area contributed by atoms with Gasteiger partial charge in [0, 0.05) is 36.4 Å². The molecule has 0 aliphatic rings. The molecular weight excluding hydrogens is 402 g/mol. The van der Waals surface area contributed by atoms with E-state index in [0.717, 1.165) is 12.1 Å². The van der Waals surface area contributed by atoms with E-state index < -0.39 is 21.7 Å². The number of nitrogens with zero attached hydrogens (tertiary/aromatic N) is 1. The summed E-state index contributed by atoms with van der Waals surface area (Å²) in [6.45, 7) is 3.12. The van der Waals surface area contributed by atoms with Crippen LogP contribution in [0.15, 0.2) is 54.7 Å². The Morgan fingerprint density at radius 3 is 2.45 bits per heavy atom. The van der Waals surface area contributed by atoms with Gasteiger partial charge < -0.3 is 9.94 Å². The first-order valence-corrected chi connectivity index (χ1v) is 10.3. The highest BCUT2D eigenvalue weighted by molar-refractivity contribution is 7.92. The van der Waals surface area contributed by atoms with E-state index in [-0.39, 0.29) is 22.9 Å². The van der Waals surface area contributed by atoms with E-state index in [9.17, 15) is 22.4 Å². The third-order valence-corrected chi connectivity index (χ3v) is 5.47. The van der Waals surface area contributed by atoms with Crippen molar-refractivity contribution in [1.82, 2.24) is 0 Å². The number of halogens is 2. The van der Waals surface area contributed by atoms with Crippen LogP contribution in [0.4, 0.5) is 14.5 Å². The van der Waals surface area contributed by atoms with Crippen LogP contribution < -0.4 is 14.2 Å². The highest BCUT2D eigenvalue weighted by Crippen LogP contribution is 2.36. The smallest absolute Gasteiger partial charge is 0.232 e. The van der Waals surface area contributed by atoms with Crippen molar-refractivity contribution in [2.24, 2.45) is 0 Å². The molecule has 3 rings (SSSR count). The normalized spacial score (nSPS) is 11.3.